The van der Waals surface area contributed by atoms with Crippen LogP contribution in [0.4, 0.5) is 10.1 Å². The number of halogens is 1. The van der Waals surface area contributed by atoms with Crippen LogP contribution < -0.4 is 5.73 Å². The normalized spacial score (nSPS) is 9.09. The van der Waals surface area contributed by atoms with Gasteiger partial charge in [-0.05, 0) is 12.1 Å². The molecule has 0 aromatic heterocycles. The van der Waals surface area contributed by atoms with Gasteiger partial charge in [0.15, 0.2) is 11.6 Å². The first-order valence-corrected chi connectivity index (χ1v) is 2.84. The number of hydrogen-bond acceptors (Lipinski definition) is 3. The van der Waals surface area contributed by atoms with Crippen molar-refractivity contribution in [2.45, 2.75) is 0 Å². The second-order valence-electron chi connectivity index (χ2n) is 1.97. The molecule has 0 fully saturated rings. The number of hydrogen-bond donors (Lipinski definition) is 2. The molecule has 1 rings (SSSR count). The molecule has 0 spiro atoms. The van der Waals surface area contributed by atoms with E-state index in [0.29, 0.717) is 0 Å². The minimum Gasteiger partial charge on any atom is -0.504 e. The van der Waals surface area contributed by atoms with E-state index in [1.165, 1.54) is 6.07 Å². The first kappa shape index (κ1) is 7.35. The molecule has 0 atom stereocenters. The molecule has 0 saturated heterocycles. The number of nitrogen functional groups attached to an aromatic ring is 1. The summed E-state index contributed by atoms with van der Waals surface area (Å²) >= 11 is 0. The lowest BCUT2D eigenvalue weighted by Crippen LogP contribution is -1.91. The number of anilines is 1. The number of rotatable bonds is 0. The molecule has 11 heavy (non-hydrogen) atoms. The van der Waals surface area contributed by atoms with Gasteiger partial charge in [0.25, 0.3) is 0 Å². The monoisotopic (exact) mass is 152 g/mol. The summed E-state index contributed by atoms with van der Waals surface area (Å²) in [4.78, 5) is 0. The van der Waals surface area contributed by atoms with Crippen LogP contribution >= 0.6 is 0 Å². The van der Waals surface area contributed by atoms with E-state index in [-0.39, 0.29) is 11.3 Å². The topological polar surface area (TPSA) is 70.0 Å². The predicted octanol–water partition coefficient (Wildman–Crippen LogP) is 0.985. The van der Waals surface area contributed by atoms with Crippen LogP contribution in [0.5, 0.6) is 5.75 Å². The summed E-state index contributed by atoms with van der Waals surface area (Å²) in [5.74, 6) is -1.52. The Labute approximate surface area is 62.5 Å². The fraction of sp³-hybridized carbons (Fsp3) is 0. The molecule has 56 valence electrons. The van der Waals surface area contributed by atoms with Gasteiger partial charge in [-0.2, -0.15) is 5.26 Å². The minimum absolute atomic E-state index is 0.0754. The standard InChI is InChI=1S/C7H5FN2O/c8-5-1-2-6(10)4(3-9)7(5)11/h1-2,11H,10H2. The van der Waals surface area contributed by atoms with E-state index in [1.807, 2.05) is 0 Å². The van der Waals surface area contributed by atoms with E-state index in [1.54, 1.807) is 6.07 Å². The Morgan fingerprint density at radius 1 is 1.55 bits per heavy atom. The summed E-state index contributed by atoms with van der Waals surface area (Å²) < 4.78 is 12.5. The van der Waals surface area contributed by atoms with Crippen LogP contribution in [0.1, 0.15) is 5.56 Å². The molecule has 0 amide bonds. The van der Waals surface area contributed by atoms with Crippen LogP contribution in [0.25, 0.3) is 0 Å². The van der Waals surface area contributed by atoms with Crippen molar-refractivity contribution in [2.24, 2.45) is 0 Å². The van der Waals surface area contributed by atoms with Gasteiger partial charge < -0.3 is 10.8 Å². The third kappa shape index (κ3) is 1.08. The lowest BCUT2D eigenvalue weighted by Gasteiger charge is -1.99. The van der Waals surface area contributed by atoms with Crippen molar-refractivity contribution in [1.82, 2.24) is 0 Å². The molecule has 1 aromatic carbocycles. The first-order chi connectivity index (χ1) is 5.16. The third-order valence-corrected chi connectivity index (χ3v) is 1.27. The van der Waals surface area contributed by atoms with Crippen molar-refractivity contribution in [3.63, 3.8) is 0 Å². The van der Waals surface area contributed by atoms with Crippen LogP contribution in [0.3, 0.4) is 0 Å². The fourth-order valence-corrected chi connectivity index (χ4v) is 0.699. The molecule has 4 heteroatoms. The zero-order chi connectivity index (χ0) is 8.43. The Kier molecular flexibility index (Phi) is 1.65. The van der Waals surface area contributed by atoms with E-state index in [4.69, 9.17) is 16.1 Å². The Balaban J connectivity index is 3.44. The molecule has 0 heterocycles. The van der Waals surface area contributed by atoms with E-state index >= 15 is 0 Å². The first-order valence-electron chi connectivity index (χ1n) is 2.84. The average molecular weight is 152 g/mol. The fourth-order valence-electron chi connectivity index (χ4n) is 0.699. The van der Waals surface area contributed by atoms with Crippen LogP contribution in [0.2, 0.25) is 0 Å². The summed E-state index contributed by atoms with van der Waals surface area (Å²) in [6, 6.07) is 3.82. The molecule has 0 saturated carbocycles. The SMILES string of the molecule is N#Cc1c(N)ccc(F)c1O. The summed E-state index contributed by atoms with van der Waals surface area (Å²) in [5, 5.41) is 17.3. The van der Waals surface area contributed by atoms with Crippen LogP contribution in [-0.4, -0.2) is 5.11 Å². The van der Waals surface area contributed by atoms with Crippen LogP contribution in [0, 0.1) is 17.1 Å². The molecule has 0 aliphatic rings. The Morgan fingerprint density at radius 3 is 2.64 bits per heavy atom. The highest BCUT2D eigenvalue weighted by molar-refractivity contribution is 5.60. The van der Waals surface area contributed by atoms with Gasteiger partial charge >= 0.3 is 0 Å². The molecule has 0 aliphatic heterocycles. The highest BCUT2D eigenvalue weighted by Crippen LogP contribution is 2.24. The Hall–Kier alpha value is -1.76. The third-order valence-electron chi connectivity index (χ3n) is 1.27. The molecule has 3 nitrogen and oxygen atoms in total. The minimum atomic E-state index is -0.837. The van der Waals surface area contributed by atoms with E-state index in [9.17, 15) is 4.39 Å². The van der Waals surface area contributed by atoms with Gasteiger partial charge in [-0.1, -0.05) is 0 Å². The molecule has 3 N–H and O–H groups in total. The highest BCUT2D eigenvalue weighted by Gasteiger charge is 2.08. The van der Waals surface area contributed by atoms with Crippen LogP contribution in [-0.2, 0) is 0 Å². The molecular formula is C7H5FN2O. The summed E-state index contributed by atoms with van der Waals surface area (Å²) in [6.45, 7) is 0. The second-order valence-corrected chi connectivity index (χ2v) is 1.97. The number of phenolic OH excluding ortho intramolecular Hbond substituents is 1. The quantitative estimate of drug-likeness (QED) is 0.544. The number of phenols is 1. The molecular weight excluding hydrogens is 147 g/mol. The highest BCUT2D eigenvalue weighted by atomic mass is 19.1. The zero-order valence-electron chi connectivity index (χ0n) is 5.50. The lowest BCUT2D eigenvalue weighted by molar-refractivity contribution is 0.431. The molecule has 1 aromatic rings. The molecule has 0 radical (unpaired) electrons. The maximum Gasteiger partial charge on any atom is 0.171 e. The summed E-state index contributed by atoms with van der Waals surface area (Å²) in [7, 11) is 0. The van der Waals surface area contributed by atoms with Crippen molar-refractivity contribution >= 4 is 5.69 Å². The van der Waals surface area contributed by atoms with E-state index < -0.39 is 11.6 Å². The van der Waals surface area contributed by atoms with Crippen molar-refractivity contribution in [1.29, 1.82) is 5.26 Å². The van der Waals surface area contributed by atoms with Crippen molar-refractivity contribution in [3.05, 3.63) is 23.5 Å². The molecule has 0 unspecified atom stereocenters. The van der Waals surface area contributed by atoms with Gasteiger partial charge in [-0.3, -0.25) is 0 Å². The lowest BCUT2D eigenvalue weighted by atomic mass is 10.2. The number of nitrogens with zero attached hydrogens (tertiary/aromatic N) is 1. The summed E-state index contributed by atoms with van der Waals surface area (Å²) in [6.07, 6.45) is 0. The largest absolute Gasteiger partial charge is 0.504 e. The van der Waals surface area contributed by atoms with Gasteiger partial charge in [0.05, 0.1) is 5.69 Å². The molecule has 0 bridgehead atoms. The van der Waals surface area contributed by atoms with Gasteiger partial charge in [0.2, 0.25) is 0 Å². The summed E-state index contributed by atoms with van der Waals surface area (Å²) in [5.41, 5.74) is 5.11. The molecule has 0 aliphatic carbocycles. The Bertz CT molecular complexity index is 330. The number of benzene rings is 1. The average Bonchev–Trinajstić information content (AvgIpc) is 1.99. The predicted molar refractivity (Wildman–Crippen MR) is 37.2 cm³/mol. The van der Waals surface area contributed by atoms with Crippen LogP contribution in [0.15, 0.2) is 12.1 Å². The number of aromatic hydroxyl groups is 1. The second kappa shape index (κ2) is 2.46. The Morgan fingerprint density at radius 2 is 2.18 bits per heavy atom. The van der Waals surface area contributed by atoms with Gasteiger partial charge in [-0.25, -0.2) is 4.39 Å². The zero-order valence-corrected chi connectivity index (χ0v) is 5.50. The van der Waals surface area contributed by atoms with Crippen molar-refractivity contribution < 1.29 is 9.50 Å². The van der Waals surface area contributed by atoms with Gasteiger partial charge in [0, 0.05) is 0 Å². The van der Waals surface area contributed by atoms with Gasteiger partial charge in [-0.15, -0.1) is 0 Å². The maximum atomic E-state index is 12.5. The van der Waals surface area contributed by atoms with Crippen molar-refractivity contribution in [2.75, 3.05) is 5.73 Å². The maximum absolute atomic E-state index is 12.5. The van der Waals surface area contributed by atoms with E-state index in [0.717, 1.165) is 6.07 Å². The number of nitrogens with two attached hydrogens (primary N) is 1. The van der Waals surface area contributed by atoms with Gasteiger partial charge in [0.1, 0.15) is 11.6 Å². The number of nitriles is 1. The van der Waals surface area contributed by atoms with E-state index in [2.05, 4.69) is 0 Å². The van der Waals surface area contributed by atoms with Crippen molar-refractivity contribution in [3.8, 4) is 11.8 Å². The smallest absolute Gasteiger partial charge is 0.171 e.